The second-order valence-corrected chi connectivity index (χ2v) is 7.75. The van der Waals surface area contributed by atoms with Crippen LogP contribution in [0.3, 0.4) is 0 Å². The summed E-state index contributed by atoms with van der Waals surface area (Å²) in [6, 6.07) is 1.97. The molecule has 1 aliphatic heterocycles. The third-order valence-electron chi connectivity index (χ3n) is 3.52. The van der Waals surface area contributed by atoms with Gasteiger partial charge in [0.15, 0.2) is 0 Å². The number of rotatable bonds is 5. The van der Waals surface area contributed by atoms with Crippen molar-refractivity contribution < 1.29 is 12.8 Å². The van der Waals surface area contributed by atoms with Gasteiger partial charge in [-0.05, 0) is 20.3 Å². The molecule has 0 atom stereocenters. The van der Waals surface area contributed by atoms with Crippen LogP contribution in [0.15, 0.2) is 27.0 Å². The van der Waals surface area contributed by atoms with Gasteiger partial charge >= 0.3 is 0 Å². The van der Waals surface area contributed by atoms with Gasteiger partial charge < -0.3 is 9.73 Å². The molecule has 0 saturated carbocycles. The number of nitrogens with one attached hydrogen (secondary N) is 1. The molecule has 0 fully saturated rings. The van der Waals surface area contributed by atoms with Crippen molar-refractivity contribution in [2.24, 2.45) is 0 Å². The maximum absolute atomic E-state index is 12.7. The van der Waals surface area contributed by atoms with Crippen molar-refractivity contribution in [3.05, 3.63) is 29.2 Å². The molecule has 0 amide bonds. The van der Waals surface area contributed by atoms with E-state index in [1.54, 1.807) is 13.0 Å². The number of nitrogens with zero attached hydrogens (tertiary/aromatic N) is 1. The minimum absolute atomic E-state index is 0.290. The summed E-state index contributed by atoms with van der Waals surface area (Å²) in [4.78, 5) is 0.290. The summed E-state index contributed by atoms with van der Waals surface area (Å²) in [5.41, 5.74) is 1.09. The number of hydrogen-bond acceptors (Lipinski definition) is 4. The Morgan fingerprint density at radius 2 is 2.10 bits per heavy atom. The molecule has 1 aromatic heterocycles. The normalized spacial score (nSPS) is 17.3. The van der Waals surface area contributed by atoms with Gasteiger partial charge in [0.1, 0.15) is 16.4 Å². The smallest absolute Gasteiger partial charge is 0.246 e. The predicted molar refractivity (Wildman–Crippen MR) is 82.6 cm³/mol. The zero-order valence-electron chi connectivity index (χ0n) is 13.1. The van der Waals surface area contributed by atoms with Crippen LogP contribution in [0.5, 0.6) is 0 Å². The molecular formula is C15H24N2O3S. The molecular weight excluding hydrogens is 288 g/mol. The van der Waals surface area contributed by atoms with E-state index in [2.05, 4.69) is 11.4 Å². The fraction of sp³-hybridized carbons (Fsp3) is 0.600. The molecule has 118 valence electrons. The standard InChI is InChI=1S/C15H24N2O3S/c1-11(2)16-9-14-8-15(13(4)20-14)21(18,19)17-7-5-6-12(3)10-17/h6,8,11,16H,5,7,9-10H2,1-4H3. The number of hydrogen-bond donors (Lipinski definition) is 1. The van der Waals surface area contributed by atoms with Gasteiger partial charge in [0.25, 0.3) is 0 Å². The lowest BCUT2D eigenvalue weighted by atomic mass is 10.2. The van der Waals surface area contributed by atoms with Gasteiger partial charge in [-0.3, -0.25) is 0 Å². The molecule has 1 N–H and O–H groups in total. The van der Waals surface area contributed by atoms with E-state index in [-0.39, 0.29) is 4.90 Å². The first kappa shape index (κ1) is 16.3. The van der Waals surface area contributed by atoms with E-state index in [0.29, 0.717) is 37.2 Å². The summed E-state index contributed by atoms with van der Waals surface area (Å²) in [7, 11) is -3.47. The molecule has 5 nitrogen and oxygen atoms in total. The molecule has 0 spiro atoms. The first-order valence-electron chi connectivity index (χ1n) is 7.29. The molecule has 0 aromatic carbocycles. The molecule has 0 unspecified atom stereocenters. The molecule has 21 heavy (non-hydrogen) atoms. The Morgan fingerprint density at radius 3 is 2.71 bits per heavy atom. The van der Waals surface area contributed by atoms with Crippen LogP contribution in [0.2, 0.25) is 0 Å². The maximum atomic E-state index is 12.7. The molecule has 1 aliphatic rings. The second kappa shape index (κ2) is 6.34. The van der Waals surface area contributed by atoms with E-state index in [4.69, 9.17) is 4.42 Å². The fourth-order valence-electron chi connectivity index (χ4n) is 2.39. The molecule has 2 heterocycles. The highest BCUT2D eigenvalue weighted by atomic mass is 32.2. The zero-order valence-corrected chi connectivity index (χ0v) is 14.0. The molecule has 0 bridgehead atoms. The summed E-state index contributed by atoms with van der Waals surface area (Å²) in [6.07, 6.45) is 2.86. The van der Waals surface area contributed by atoms with Crippen LogP contribution in [0.4, 0.5) is 0 Å². The molecule has 0 aliphatic carbocycles. The minimum atomic E-state index is -3.47. The quantitative estimate of drug-likeness (QED) is 0.848. The summed E-state index contributed by atoms with van der Waals surface area (Å²) in [5, 5.41) is 3.23. The molecule has 0 radical (unpaired) electrons. The Bertz CT molecular complexity index is 629. The zero-order chi connectivity index (χ0) is 15.6. The number of sulfonamides is 1. The Hall–Kier alpha value is -1.11. The summed E-state index contributed by atoms with van der Waals surface area (Å²) >= 11 is 0. The van der Waals surface area contributed by atoms with Gasteiger partial charge in [-0.15, -0.1) is 0 Å². The maximum Gasteiger partial charge on any atom is 0.246 e. The van der Waals surface area contributed by atoms with E-state index >= 15 is 0 Å². The largest absolute Gasteiger partial charge is 0.464 e. The lowest BCUT2D eigenvalue weighted by Gasteiger charge is -2.25. The van der Waals surface area contributed by atoms with Crippen LogP contribution in [0, 0.1) is 6.92 Å². The van der Waals surface area contributed by atoms with Crippen LogP contribution in [-0.2, 0) is 16.6 Å². The van der Waals surface area contributed by atoms with Gasteiger partial charge in [0.05, 0.1) is 6.54 Å². The van der Waals surface area contributed by atoms with Gasteiger partial charge in [-0.1, -0.05) is 25.5 Å². The van der Waals surface area contributed by atoms with E-state index in [9.17, 15) is 8.42 Å². The Morgan fingerprint density at radius 1 is 1.38 bits per heavy atom. The van der Waals surface area contributed by atoms with Crippen molar-refractivity contribution in [2.75, 3.05) is 13.1 Å². The van der Waals surface area contributed by atoms with Crippen LogP contribution in [-0.4, -0.2) is 31.9 Å². The minimum Gasteiger partial charge on any atom is -0.464 e. The lowest BCUT2D eigenvalue weighted by molar-refractivity contribution is 0.422. The van der Waals surface area contributed by atoms with Crippen LogP contribution >= 0.6 is 0 Å². The van der Waals surface area contributed by atoms with Crippen LogP contribution < -0.4 is 5.32 Å². The highest BCUT2D eigenvalue weighted by molar-refractivity contribution is 7.89. The van der Waals surface area contributed by atoms with Gasteiger partial charge in [0, 0.05) is 25.2 Å². The van der Waals surface area contributed by atoms with Crippen molar-refractivity contribution in [2.45, 2.75) is 51.6 Å². The average molecular weight is 312 g/mol. The third-order valence-corrected chi connectivity index (χ3v) is 5.48. The predicted octanol–water partition coefficient (Wildman–Crippen LogP) is 2.43. The summed E-state index contributed by atoms with van der Waals surface area (Å²) in [5.74, 6) is 1.12. The Kier molecular flexibility index (Phi) is 4.91. The molecule has 0 saturated heterocycles. The van der Waals surface area contributed by atoms with Gasteiger partial charge in [-0.25, -0.2) is 8.42 Å². The number of aryl methyl sites for hydroxylation is 1. The number of furan rings is 1. The first-order chi connectivity index (χ1) is 9.80. The molecule has 6 heteroatoms. The van der Waals surface area contributed by atoms with Crippen molar-refractivity contribution in [3.63, 3.8) is 0 Å². The van der Waals surface area contributed by atoms with E-state index < -0.39 is 10.0 Å². The van der Waals surface area contributed by atoms with Crippen LogP contribution in [0.25, 0.3) is 0 Å². The van der Waals surface area contributed by atoms with Crippen molar-refractivity contribution in [1.29, 1.82) is 0 Å². The highest BCUT2D eigenvalue weighted by Gasteiger charge is 2.29. The van der Waals surface area contributed by atoms with E-state index in [0.717, 1.165) is 12.0 Å². The Balaban J connectivity index is 2.22. The SMILES string of the molecule is CC1=CCCN(S(=O)(=O)c2cc(CNC(C)C)oc2C)C1. The second-order valence-electron chi connectivity index (χ2n) is 5.85. The van der Waals surface area contributed by atoms with E-state index in [1.807, 2.05) is 20.8 Å². The molecule has 2 rings (SSSR count). The summed E-state index contributed by atoms with van der Waals surface area (Å²) in [6.45, 7) is 9.27. The monoisotopic (exact) mass is 312 g/mol. The van der Waals surface area contributed by atoms with Crippen molar-refractivity contribution in [1.82, 2.24) is 9.62 Å². The summed E-state index contributed by atoms with van der Waals surface area (Å²) < 4.78 is 32.6. The highest BCUT2D eigenvalue weighted by Crippen LogP contribution is 2.26. The topological polar surface area (TPSA) is 62.6 Å². The van der Waals surface area contributed by atoms with E-state index in [1.165, 1.54) is 4.31 Å². The van der Waals surface area contributed by atoms with Crippen molar-refractivity contribution in [3.8, 4) is 0 Å². The Labute approximate surface area is 127 Å². The average Bonchev–Trinajstić information content (AvgIpc) is 2.78. The van der Waals surface area contributed by atoms with Crippen molar-refractivity contribution >= 4 is 10.0 Å². The fourth-order valence-corrected chi connectivity index (χ4v) is 4.08. The first-order valence-corrected chi connectivity index (χ1v) is 8.73. The molecule has 1 aromatic rings. The van der Waals surface area contributed by atoms with Gasteiger partial charge in [0.2, 0.25) is 10.0 Å². The lowest BCUT2D eigenvalue weighted by Crippen LogP contribution is -2.35. The van der Waals surface area contributed by atoms with Crippen LogP contribution in [0.1, 0.15) is 38.7 Å². The van der Waals surface area contributed by atoms with Gasteiger partial charge in [-0.2, -0.15) is 4.31 Å². The third kappa shape index (κ3) is 3.75.